The van der Waals surface area contributed by atoms with Gasteiger partial charge in [-0.15, -0.1) is 0 Å². The lowest BCUT2D eigenvalue weighted by Gasteiger charge is -2.04. The van der Waals surface area contributed by atoms with E-state index in [1.54, 1.807) is 7.11 Å². The van der Waals surface area contributed by atoms with Gasteiger partial charge >= 0.3 is 0 Å². The fourth-order valence-corrected chi connectivity index (χ4v) is 1.59. The highest BCUT2D eigenvalue weighted by Crippen LogP contribution is 2.05. The van der Waals surface area contributed by atoms with Crippen molar-refractivity contribution < 1.29 is 9.53 Å². The van der Waals surface area contributed by atoms with E-state index in [4.69, 9.17) is 4.74 Å². The lowest BCUT2D eigenvalue weighted by Crippen LogP contribution is -2.27. The summed E-state index contributed by atoms with van der Waals surface area (Å²) in [6.45, 7) is 3.90. The van der Waals surface area contributed by atoms with Crippen LogP contribution >= 0.6 is 0 Å². The summed E-state index contributed by atoms with van der Waals surface area (Å²) in [7, 11) is 1.65. The summed E-state index contributed by atoms with van der Waals surface area (Å²) in [5, 5.41) is 3.05. The van der Waals surface area contributed by atoms with Gasteiger partial charge in [0.15, 0.2) is 5.78 Å². The number of carbonyl (C=O) groups excluding carboxylic acids is 1. The molecule has 0 aliphatic rings. The van der Waals surface area contributed by atoms with Crippen LogP contribution in [-0.2, 0) is 22.4 Å². The number of nitrogens with one attached hydrogen (secondary N) is 1. The smallest absolute Gasteiger partial charge is 0.150 e. The Morgan fingerprint density at radius 1 is 1.24 bits per heavy atom. The van der Waals surface area contributed by atoms with Gasteiger partial charge in [-0.3, -0.25) is 4.79 Å². The molecule has 1 aromatic carbocycles. The zero-order valence-electron chi connectivity index (χ0n) is 10.7. The molecule has 0 spiro atoms. The van der Waals surface area contributed by atoms with Crippen LogP contribution in [0.1, 0.15) is 18.1 Å². The molecule has 0 fully saturated rings. The van der Waals surface area contributed by atoms with Crippen LogP contribution in [0.4, 0.5) is 0 Å². The Morgan fingerprint density at radius 2 is 1.88 bits per heavy atom. The second-order valence-electron chi connectivity index (χ2n) is 4.06. The molecule has 1 N–H and O–H groups in total. The maximum atomic E-state index is 11.6. The highest BCUT2D eigenvalue weighted by atomic mass is 16.5. The minimum absolute atomic E-state index is 0.213. The normalized spacial score (nSPS) is 10.5. The maximum absolute atomic E-state index is 11.6. The van der Waals surface area contributed by atoms with Crippen molar-refractivity contribution in [2.45, 2.75) is 19.8 Å². The van der Waals surface area contributed by atoms with Crippen molar-refractivity contribution in [1.29, 1.82) is 0 Å². The molecule has 1 rings (SSSR count). The molecule has 0 amide bonds. The second-order valence-corrected chi connectivity index (χ2v) is 4.06. The molecule has 0 saturated carbocycles. The van der Waals surface area contributed by atoms with Crippen molar-refractivity contribution in [3.63, 3.8) is 0 Å². The number of Topliss-reactive ketones (excluding diaryl/α,β-unsaturated/α-hetero) is 1. The molecule has 3 nitrogen and oxygen atoms in total. The molecule has 0 bridgehead atoms. The van der Waals surface area contributed by atoms with Crippen molar-refractivity contribution in [2.24, 2.45) is 0 Å². The number of benzene rings is 1. The third-order valence-corrected chi connectivity index (χ3v) is 2.64. The molecule has 1 aromatic rings. The van der Waals surface area contributed by atoms with Gasteiger partial charge in [-0.05, 0) is 17.5 Å². The average molecular weight is 235 g/mol. The molecule has 0 aromatic heterocycles. The lowest BCUT2D eigenvalue weighted by molar-refractivity contribution is -0.117. The van der Waals surface area contributed by atoms with E-state index in [0.29, 0.717) is 19.6 Å². The van der Waals surface area contributed by atoms with Gasteiger partial charge < -0.3 is 10.1 Å². The predicted molar refractivity (Wildman–Crippen MR) is 69.3 cm³/mol. The molecule has 0 atom stereocenters. The zero-order valence-corrected chi connectivity index (χ0v) is 10.7. The summed E-state index contributed by atoms with van der Waals surface area (Å²) in [5.74, 6) is 0.213. The average Bonchev–Trinajstić information content (AvgIpc) is 2.36. The Kier molecular flexibility index (Phi) is 6.51. The lowest BCUT2D eigenvalue weighted by atomic mass is 10.1. The molecule has 0 unspecified atom stereocenters. The summed E-state index contributed by atoms with van der Waals surface area (Å²) in [6, 6.07) is 8.24. The van der Waals surface area contributed by atoms with E-state index in [0.717, 1.165) is 18.5 Å². The fraction of sp³-hybridized carbons (Fsp3) is 0.500. The molecule has 0 aliphatic heterocycles. The summed E-state index contributed by atoms with van der Waals surface area (Å²) in [4.78, 5) is 11.6. The van der Waals surface area contributed by atoms with E-state index in [9.17, 15) is 4.79 Å². The van der Waals surface area contributed by atoms with Gasteiger partial charge in [-0.2, -0.15) is 0 Å². The summed E-state index contributed by atoms with van der Waals surface area (Å²) in [6.07, 6.45) is 1.54. The number of carbonyl (C=O) groups is 1. The van der Waals surface area contributed by atoms with E-state index in [1.807, 2.05) is 12.1 Å². The third kappa shape index (κ3) is 5.61. The van der Waals surface area contributed by atoms with Gasteiger partial charge in [-0.1, -0.05) is 31.2 Å². The number of ether oxygens (including phenoxy) is 1. The largest absolute Gasteiger partial charge is 0.383 e. The topological polar surface area (TPSA) is 38.3 Å². The standard InChI is InChI=1S/C14H21NO2/c1-3-12-4-6-13(7-5-12)10-14(16)11-15-8-9-17-2/h4-7,15H,3,8-11H2,1-2H3. The number of aryl methyl sites for hydroxylation is 1. The van der Waals surface area contributed by atoms with Crippen molar-refractivity contribution in [3.8, 4) is 0 Å². The molecular weight excluding hydrogens is 214 g/mol. The maximum Gasteiger partial charge on any atom is 0.150 e. The van der Waals surface area contributed by atoms with Gasteiger partial charge in [0.05, 0.1) is 13.2 Å². The molecule has 17 heavy (non-hydrogen) atoms. The zero-order chi connectivity index (χ0) is 12.5. The minimum Gasteiger partial charge on any atom is -0.383 e. The van der Waals surface area contributed by atoms with Gasteiger partial charge in [0.25, 0.3) is 0 Å². The Morgan fingerprint density at radius 3 is 2.47 bits per heavy atom. The van der Waals surface area contributed by atoms with E-state index < -0.39 is 0 Å². The molecule has 0 radical (unpaired) electrons. The predicted octanol–water partition coefficient (Wildman–Crippen LogP) is 1.60. The first kappa shape index (κ1) is 13.9. The SMILES string of the molecule is CCc1ccc(CC(=O)CNCCOC)cc1. The Labute approximate surface area is 103 Å². The summed E-state index contributed by atoms with van der Waals surface area (Å²) in [5.41, 5.74) is 2.39. The van der Waals surface area contributed by atoms with Crippen LogP contribution in [0.2, 0.25) is 0 Å². The molecule has 0 heterocycles. The molecule has 3 heteroatoms. The first-order valence-electron chi connectivity index (χ1n) is 6.05. The Balaban J connectivity index is 2.29. The summed E-state index contributed by atoms with van der Waals surface area (Å²) >= 11 is 0. The van der Waals surface area contributed by atoms with Crippen LogP contribution in [0.25, 0.3) is 0 Å². The van der Waals surface area contributed by atoms with Gasteiger partial charge in [0, 0.05) is 20.1 Å². The molecule has 0 aliphatic carbocycles. The molecule has 94 valence electrons. The fourth-order valence-electron chi connectivity index (χ4n) is 1.59. The molecule has 0 saturated heterocycles. The van der Waals surface area contributed by atoms with E-state index in [-0.39, 0.29) is 5.78 Å². The van der Waals surface area contributed by atoms with E-state index >= 15 is 0 Å². The summed E-state index contributed by atoms with van der Waals surface area (Å²) < 4.78 is 4.89. The highest BCUT2D eigenvalue weighted by Gasteiger charge is 2.03. The van der Waals surface area contributed by atoms with Crippen LogP contribution in [0.15, 0.2) is 24.3 Å². The van der Waals surface area contributed by atoms with Crippen LogP contribution in [0, 0.1) is 0 Å². The third-order valence-electron chi connectivity index (χ3n) is 2.64. The van der Waals surface area contributed by atoms with Crippen LogP contribution < -0.4 is 5.32 Å². The highest BCUT2D eigenvalue weighted by molar-refractivity contribution is 5.82. The first-order chi connectivity index (χ1) is 8.26. The monoisotopic (exact) mass is 235 g/mol. The van der Waals surface area contributed by atoms with E-state index in [1.165, 1.54) is 5.56 Å². The van der Waals surface area contributed by atoms with E-state index in [2.05, 4.69) is 24.4 Å². The van der Waals surface area contributed by atoms with Crippen LogP contribution in [-0.4, -0.2) is 32.6 Å². The van der Waals surface area contributed by atoms with Crippen LogP contribution in [0.5, 0.6) is 0 Å². The van der Waals surface area contributed by atoms with Crippen molar-refractivity contribution in [2.75, 3.05) is 26.8 Å². The van der Waals surface area contributed by atoms with Gasteiger partial charge in [0.2, 0.25) is 0 Å². The van der Waals surface area contributed by atoms with Gasteiger partial charge in [-0.25, -0.2) is 0 Å². The van der Waals surface area contributed by atoms with Crippen molar-refractivity contribution >= 4 is 5.78 Å². The second kappa shape index (κ2) is 7.98. The van der Waals surface area contributed by atoms with Crippen molar-refractivity contribution in [3.05, 3.63) is 35.4 Å². The molecular formula is C14H21NO2. The number of hydrogen-bond donors (Lipinski definition) is 1. The number of ketones is 1. The number of rotatable bonds is 8. The quantitative estimate of drug-likeness (QED) is 0.695. The Bertz CT molecular complexity index is 333. The van der Waals surface area contributed by atoms with Crippen molar-refractivity contribution in [1.82, 2.24) is 5.32 Å². The van der Waals surface area contributed by atoms with Crippen LogP contribution in [0.3, 0.4) is 0 Å². The Hall–Kier alpha value is -1.19. The van der Waals surface area contributed by atoms with Gasteiger partial charge in [0.1, 0.15) is 0 Å². The minimum atomic E-state index is 0.213. The first-order valence-corrected chi connectivity index (χ1v) is 6.05. The number of methoxy groups -OCH3 is 1. The number of hydrogen-bond acceptors (Lipinski definition) is 3.